The van der Waals surface area contributed by atoms with E-state index in [1.165, 1.54) is 11.3 Å². The van der Waals surface area contributed by atoms with Crippen molar-refractivity contribution in [1.29, 1.82) is 0 Å². The molecule has 3 aromatic carbocycles. The highest BCUT2D eigenvalue weighted by molar-refractivity contribution is 7.92. The van der Waals surface area contributed by atoms with Gasteiger partial charge in [0, 0.05) is 24.3 Å². The van der Waals surface area contributed by atoms with Crippen molar-refractivity contribution < 1.29 is 17.9 Å². The van der Waals surface area contributed by atoms with Crippen molar-refractivity contribution in [3.8, 4) is 5.75 Å². The van der Waals surface area contributed by atoms with Crippen molar-refractivity contribution in [3.63, 3.8) is 0 Å². The predicted molar refractivity (Wildman–Crippen MR) is 150 cm³/mol. The molecular weight excluding hydrogens is 532 g/mol. The van der Waals surface area contributed by atoms with Crippen LogP contribution in [-0.2, 0) is 10.0 Å². The van der Waals surface area contributed by atoms with Crippen LogP contribution in [-0.4, -0.2) is 58.5 Å². The Hall–Kier alpha value is -3.18. The maximum Gasteiger partial charge on any atom is 0.261 e. The van der Waals surface area contributed by atoms with Gasteiger partial charge in [0.15, 0.2) is 5.13 Å². The van der Waals surface area contributed by atoms with E-state index in [0.717, 1.165) is 10.3 Å². The fraction of sp³-hybridized carbons (Fsp3) is 0.231. The fourth-order valence-corrected chi connectivity index (χ4v) is 5.91. The second-order valence-electron chi connectivity index (χ2n) is 8.68. The van der Waals surface area contributed by atoms with Crippen LogP contribution in [0.15, 0.2) is 65.6 Å². The molecule has 0 radical (unpaired) electrons. The molecule has 8 nitrogen and oxygen atoms in total. The predicted octanol–water partition coefficient (Wildman–Crippen LogP) is 5.28. The molecule has 1 heterocycles. The van der Waals surface area contributed by atoms with Crippen molar-refractivity contribution >= 4 is 59.9 Å². The highest BCUT2D eigenvalue weighted by atomic mass is 35.5. The van der Waals surface area contributed by atoms with Gasteiger partial charge in [-0.05, 0) is 69.6 Å². The summed E-state index contributed by atoms with van der Waals surface area (Å²) in [5.41, 5.74) is 2.32. The standard InChI is InChI=1S/C26H27ClN4O4S2/c1-17-5-11-20(12-6-17)37(33,34)29-19-9-7-18(8-10-19)25(32)31(16-15-30(2)3)26-28-23-22(35-4)14-13-21(27)24(23)36-26/h5-14,29H,15-16H2,1-4H3. The maximum atomic E-state index is 13.6. The molecule has 0 fully saturated rings. The molecular formula is C26H27ClN4O4S2. The molecule has 0 bridgehead atoms. The third kappa shape index (κ3) is 6.04. The Morgan fingerprint density at radius 3 is 2.32 bits per heavy atom. The number of thiazole rings is 1. The van der Waals surface area contributed by atoms with Gasteiger partial charge in [0.2, 0.25) is 0 Å². The summed E-state index contributed by atoms with van der Waals surface area (Å²) in [5, 5.41) is 1.03. The van der Waals surface area contributed by atoms with Crippen molar-refractivity contribution in [2.24, 2.45) is 0 Å². The largest absolute Gasteiger partial charge is 0.494 e. The summed E-state index contributed by atoms with van der Waals surface area (Å²) >= 11 is 7.72. The van der Waals surface area contributed by atoms with Crippen LogP contribution in [0.3, 0.4) is 0 Å². The van der Waals surface area contributed by atoms with Crippen LogP contribution in [0, 0.1) is 6.92 Å². The molecule has 0 atom stereocenters. The van der Waals surface area contributed by atoms with E-state index < -0.39 is 10.0 Å². The summed E-state index contributed by atoms with van der Waals surface area (Å²) in [7, 11) is 1.66. The molecule has 1 aromatic heterocycles. The third-order valence-corrected chi connectivity index (χ3v) is 8.57. The van der Waals surface area contributed by atoms with E-state index >= 15 is 0 Å². The molecule has 0 aliphatic heterocycles. The quantitative estimate of drug-likeness (QED) is 0.301. The topological polar surface area (TPSA) is 91.8 Å². The molecule has 11 heteroatoms. The number of sulfonamides is 1. The van der Waals surface area contributed by atoms with E-state index in [1.54, 1.807) is 72.7 Å². The number of likely N-dealkylation sites (N-methyl/N-ethyl adjacent to an activating group) is 1. The Balaban J connectivity index is 1.61. The van der Waals surface area contributed by atoms with Gasteiger partial charge in [-0.2, -0.15) is 0 Å². The lowest BCUT2D eigenvalue weighted by molar-refractivity contribution is 0.0985. The lowest BCUT2D eigenvalue weighted by atomic mass is 10.2. The number of aromatic nitrogens is 1. The Kier molecular flexibility index (Phi) is 8.03. The number of carbonyl (C=O) groups excluding carboxylic acids is 1. The average Bonchev–Trinajstić information content (AvgIpc) is 3.31. The summed E-state index contributed by atoms with van der Waals surface area (Å²) in [6.45, 7) is 2.90. The number of methoxy groups -OCH3 is 1. The number of benzene rings is 3. The van der Waals surface area contributed by atoms with Crippen molar-refractivity contribution in [2.45, 2.75) is 11.8 Å². The van der Waals surface area contributed by atoms with E-state index in [0.29, 0.717) is 45.8 Å². The first kappa shape index (κ1) is 26.9. The SMILES string of the molecule is COc1ccc(Cl)c2sc(N(CCN(C)C)C(=O)c3ccc(NS(=O)(=O)c4ccc(C)cc4)cc3)nc12. The van der Waals surface area contributed by atoms with Gasteiger partial charge in [0.25, 0.3) is 15.9 Å². The second-order valence-corrected chi connectivity index (χ2v) is 11.7. The molecule has 4 rings (SSSR count). The Morgan fingerprint density at radius 1 is 1.03 bits per heavy atom. The number of nitrogens with one attached hydrogen (secondary N) is 1. The van der Waals surface area contributed by atoms with Crippen LogP contribution >= 0.6 is 22.9 Å². The van der Waals surface area contributed by atoms with Gasteiger partial charge < -0.3 is 9.64 Å². The Bertz CT molecular complexity index is 1520. The first-order chi connectivity index (χ1) is 17.6. The minimum absolute atomic E-state index is 0.165. The number of aryl methyl sites for hydroxylation is 1. The Labute approximate surface area is 225 Å². The van der Waals surface area contributed by atoms with Gasteiger partial charge in [-0.3, -0.25) is 14.4 Å². The smallest absolute Gasteiger partial charge is 0.261 e. The zero-order valence-corrected chi connectivity index (χ0v) is 23.2. The third-order valence-electron chi connectivity index (χ3n) is 5.63. The number of carbonyl (C=O) groups is 1. The van der Waals surface area contributed by atoms with Gasteiger partial charge in [-0.15, -0.1) is 0 Å². The van der Waals surface area contributed by atoms with E-state index in [9.17, 15) is 13.2 Å². The first-order valence-corrected chi connectivity index (χ1v) is 14.1. The molecule has 1 N–H and O–H groups in total. The molecule has 4 aromatic rings. The highest BCUT2D eigenvalue weighted by Crippen LogP contribution is 2.39. The minimum atomic E-state index is -3.75. The maximum absolute atomic E-state index is 13.6. The molecule has 0 saturated carbocycles. The highest BCUT2D eigenvalue weighted by Gasteiger charge is 2.24. The number of hydrogen-bond donors (Lipinski definition) is 1. The van der Waals surface area contributed by atoms with Gasteiger partial charge in [0.1, 0.15) is 11.3 Å². The van der Waals surface area contributed by atoms with Crippen LogP contribution in [0.25, 0.3) is 10.2 Å². The van der Waals surface area contributed by atoms with Crippen LogP contribution in [0.2, 0.25) is 5.02 Å². The molecule has 0 saturated heterocycles. The van der Waals surface area contributed by atoms with Gasteiger partial charge in [0.05, 0.1) is 21.7 Å². The second kappa shape index (κ2) is 11.1. The summed E-state index contributed by atoms with van der Waals surface area (Å²) in [6, 6.07) is 16.4. The molecule has 0 unspecified atom stereocenters. The monoisotopic (exact) mass is 558 g/mol. The summed E-state index contributed by atoms with van der Waals surface area (Å²) in [6.07, 6.45) is 0. The van der Waals surface area contributed by atoms with E-state index in [-0.39, 0.29) is 10.8 Å². The zero-order valence-electron chi connectivity index (χ0n) is 20.9. The Morgan fingerprint density at radius 2 is 1.70 bits per heavy atom. The number of fused-ring (bicyclic) bond motifs is 1. The van der Waals surface area contributed by atoms with Gasteiger partial charge in [-0.25, -0.2) is 13.4 Å². The number of amides is 1. The van der Waals surface area contributed by atoms with E-state index in [1.807, 2.05) is 25.9 Å². The summed E-state index contributed by atoms with van der Waals surface area (Å²) < 4.78 is 34.2. The van der Waals surface area contributed by atoms with E-state index in [2.05, 4.69) is 9.71 Å². The number of rotatable bonds is 9. The molecule has 0 aliphatic carbocycles. The van der Waals surface area contributed by atoms with Crippen LogP contribution < -0.4 is 14.4 Å². The lowest BCUT2D eigenvalue weighted by Gasteiger charge is -2.22. The van der Waals surface area contributed by atoms with Crippen molar-refractivity contribution in [3.05, 3.63) is 76.8 Å². The van der Waals surface area contributed by atoms with E-state index in [4.69, 9.17) is 16.3 Å². The van der Waals surface area contributed by atoms with Gasteiger partial charge >= 0.3 is 0 Å². The molecule has 194 valence electrons. The molecule has 0 aliphatic rings. The van der Waals surface area contributed by atoms with Crippen LogP contribution in [0.4, 0.5) is 10.8 Å². The van der Waals surface area contributed by atoms with Crippen LogP contribution in [0.1, 0.15) is 15.9 Å². The zero-order chi connectivity index (χ0) is 26.7. The first-order valence-electron chi connectivity index (χ1n) is 11.4. The fourth-order valence-electron chi connectivity index (χ4n) is 3.57. The number of anilines is 2. The van der Waals surface area contributed by atoms with Gasteiger partial charge in [-0.1, -0.05) is 40.6 Å². The normalized spacial score (nSPS) is 11.6. The molecule has 0 spiro atoms. The summed E-state index contributed by atoms with van der Waals surface area (Å²) in [5.74, 6) is 0.316. The van der Waals surface area contributed by atoms with Crippen molar-refractivity contribution in [1.82, 2.24) is 9.88 Å². The molecule has 1 amide bonds. The number of ether oxygens (including phenoxy) is 1. The number of nitrogens with zero attached hydrogens (tertiary/aromatic N) is 3. The number of hydrogen-bond acceptors (Lipinski definition) is 7. The van der Waals surface area contributed by atoms with Crippen molar-refractivity contribution in [2.75, 3.05) is 43.9 Å². The van der Waals surface area contributed by atoms with Crippen LogP contribution in [0.5, 0.6) is 5.75 Å². The minimum Gasteiger partial charge on any atom is -0.494 e. The average molecular weight is 559 g/mol. The number of halogens is 1. The lowest BCUT2D eigenvalue weighted by Crippen LogP contribution is -2.36. The molecule has 37 heavy (non-hydrogen) atoms. The summed E-state index contributed by atoms with van der Waals surface area (Å²) in [4.78, 5) is 22.0.